The number of fused-ring (bicyclic) bond motifs is 1. The fourth-order valence-electron chi connectivity index (χ4n) is 2.04. The van der Waals surface area contributed by atoms with Crippen molar-refractivity contribution in [3.8, 4) is 16.2 Å². The van der Waals surface area contributed by atoms with Crippen LogP contribution in [0, 0.1) is 5.82 Å². The fourth-order valence-corrected chi connectivity index (χ4v) is 3.79. The number of methoxy groups -OCH3 is 1. The van der Waals surface area contributed by atoms with Gasteiger partial charge in [-0.05, 0) is 29.8 Å². The van der Waals surface area contributed by atoms with Crippen molar-refractivity contribution in [2.45, 2.75) is 5.03 Å². The highest BCUT2D eigenvalue weighted by Gasteiger charge is 2.13. The molecule has 0 saturated carbocycles. The highest BCUT2D eigenvalue weighted by atomic mass is 32.2. The van der Waals surface area contributed by atoms with Gasteiger partial charge in [-0.1, -0.05) is 11.8 Å². The van der Waals surface area contributed by atoms with Gasteiger partial charge in [0.05, 0.1) is 12.9 Å². The van der Waals surface area contributed by atoms with Crippen molar-refractivity contribution in [1.82, 2.24) is 9.97 Å². The molecule has 0 aliphatic carbocycles. The number of carboxylic acids is 1. The van der Waals surface area contributed by atoms with Gasteiger partial charge in [0.2, 0.25) is 0 Å². The molecule has 0 saturated heterocycles. The molecule has 0 atom stereocenters. The van der Waals surface area contributed by atoms with E-state index < -0.39 is 11.8 Å². The summed E-state index contributed by atoms with van der Waals surface area (Å²) in [6.45, 7) is 0. The molecule has 1 N–H and O–H groups in total. The molecule has 0 spiro atoms. The van der Waals surface area contributed by atoms with E-state index in [1.54, 1.807) is 12.1 Å². The van der Waals surface area contributed by atoms with Crippen LogP contribution in [-0.4, -0.2) is 33.9 Å². The number of hydrogen-bond donors (Lipinski definition) is 1. The Kier molecular flexibility index (Phi) is 4.44. The molecule has 0 aliphatic rings. The number of nitrogens with zero attached hydrogens (tertiary/aromatic N) is 2. The zero-order chi connectivity index (χ0) is 16.4. The minimum atomic E-state index is -0.908. The molecule has 2 aromatic heterocycles. The van der Waals surface area contributed by atoms with Gasteiger partial charge in [0.15, 0.2) is 11.6 Å². The van der Waals surface area contributed by atoms with Crippen LogP contribution in [0.15, 0.2) is 35.6 Å². The smallest absolute Gasteiger partial charge is 0.313 e. The Morgan fingerprint density at radius 3 is 2.91 bits per heavy atom. The predicted molar refractivity (Wildman–Crippen MR) is 87.7 cm³/mol. The largest absolute Gasteiger partial charge is 0.494 e. The third-order valence-electron chi connectivity index (χ3n) is 3.06. The molecule has 2 heterocycles. The third-order valence-corrected chi connectivity index (χ3v) is 5.14. The van der Waals surface area contributed by atoms with Crippen LogP contribution in [0.4, 0.5) is 4.39 Å². The first-order chi connectivity index (χ1) is 11.1. The number of aliphatic carboxylic acids is 1. The predicted octanol–water partition coefficient (Wildman–Crippen LogP) is 3.68. The number of carbonyl (C=O) groups is 1. The summed E-state index contributed by atoms with van der Waals surface area (Å²) in [5.41, 5.74) is 0.709. The van der Waals surface area contributed by atoms with Gasteiger partial charge in [0.1, 0.15) is 16.2 Å². The molecule has 0 amide bonds. The Morgan fingerprint density at radius 2 is 2.22 bits per heavy atom. The summed E-state index contributed by atoms with van der Waals surface area (Å²) >= 11 is 2.54. The number of thiophene rings is 1. The van der Waals surface area contributed by atoms with E-state index in [9.17, 15) is 9.18 Å². The van der Waals surface area contributed by atoms with Crippen LogP contribution in [0.25, 0.3) is 20.7 Å². The number of hydrogen-bond acceptors (Lipinski definition) is 6. The van der Waals surface area contributed by atoms with E-state index in [0.29, 0.717) is 10.6 Å². The van der Waals surface area contributed by atoms with Crippen molar-refractivity contribution in [2.75, 3.05) is 12.9 Å². The normalized spacial score (nSPS) is 10.9. The van der Waals surface area contributed by atoms with Crippen molar-refractivity contribution in [3.63, 3.8) is 0 Å². The minimum Gasteiger partial charge on any atom is -0.494 e. The standard InChI is InChI=1S/C15H11FN2O3S2/c1-21-11-3-2-8(4-10(11)16)12-5-9-14(22-6-13(19)20)17-7-18-15(9)23-12/h2-5,7H,6H2,1H3,(H,19,20). The SMILES string of the molecule is COc1ccc(-c2cc3c(SCC(=O)O)ncnc3s2)cc1F. The first kappa shape index (κ1) is 15.7. The lowest BCUT2D eigenvalue weighted by Gasteiger charge is -2.03. The molecule has 0 fully saturated rings. The van der Waals surface area contributed by atoms with E-state index >= 15 is 0 Å². The number of carboxylic acid groups (broad SMARTS) is 1. The van der Waals surface area contributed by atoms with Gasteiger partial charge in [-0.15, -0.1) is 11.3 Å². The number of benzene rings is 1. The Balaban J connectivity index is 2.01. The van der Waals surface area contributed by atoms with Crippen LogP contribution in [-0.2, 0) is 4.79 Å². The van der Waals surface area contributed by atoms with Crippen LogP contribution in [0.1, 0.15) is 0 Å². The highest BCUT2D eigenvalue weighted by Crippen LogP contribution is 2.37. The Labute approximate surface area is 139 Å². The van der Waals surface area contributed by atoms with Gasteiger partial charge in [0, 0.05) is 10.3 Å². The van der Waals surface area contributed by atoms with Crippen LogP contribution < -0.4 is 4.74 Å². The lowest BCUT2D eigenvalue weighted by atomic mass is 10.1. The lowest BCUT2D eigenvalue weighted by molar-refractivity contribution is -0.133. The molecule has 0 unspecified atom stereocenters. The monoisotopic (exact) mass is 350 g/mol. The van der Waals surface area contributed by atoms with Crippen LogP contribution in [0.3, 0.4) is 0 Å². The molecule has 0 radical (unpaired) electrons. The second kappa shape index (κ2) is 6.51. The fraction of sp³-hybridized carbons (Fsp3) is 0.133. The summed E-state index contributed by atoms with van der Waals surface area (Å²) in [7, 11) is 1.42. The van der Waals surface area contributed by atoms with Crippen molar-refractivity contribution in [2.24, 2.45) is 0 Å². The van der Waals surface area contributed by atoms with Crippen LogP contribution in [0.2, 0.25) is 0 Å². The third kappa shape index (κ3) is 3.27. The summed E-state index contributed by atoms with van der Waals surface area (Å²) in [5.74, 6) is -1.23. The molecule has 0 aliphatic heterocycles. The molecule has 3 rings (SSSR count). The van der Waals surface area contributed by atoms with Crippen molar-refractivity contribution >= 4 is 39.3 Å². The maximum absolute atomic E-state index is 13.9. The number of thioether (sulfide) groups is 1. The van der Waals surface area contributed by atoms with Gasteiger partial charge >= 0.3 is 5.97 Å². The van der Waals surface area contributed by atoms with Gasteiger partial charge in [-0.25, -0.2) is 14.4 Å². The molecule has 0 bridgehead atoms. The molecule has 23 heavy (non-hydrogen) atoms. The molecular weight excluding hydrogens is 339 g/mol. The van der Waals surface area contributed by atoms with Crippen molar-refractivity contribution < 1.29 is 19.0 Å². The van der Waals surface area contributed by atoms with E-state index in [1.165, 1.54) is 30.8 Å². The zero-order valence-electron chi connectivity index (χ0n) is 11.9. The lowest BCUT2D eigenvalue weighted by Crippen LogP contribution is -1.98. The second-order valence-corrected chi connectivity index (χ2v) is 6.53. The Morgan fingerprint density at radius 1 is 1.39 bits per heavy atom. The van der Waals surface area contributed by atoms with Gasteiger partial charge in [-0.2, -0.15) is 0 Å². The topological polar surface area (TPSA) is 72.3 Å². The van der Waals surface area contributed by atoms with E-state index in [-0.39, 0.29) is 11.5 Å². The van der Waals surface area contributed by atoms with Gasteiger partial charge in [0.25, 0.3) is 0 Å². The van der Waals surface area contributed by atoms with Crippen molar-refractivity contribution in [3.05, 3.63) is 36.4 Å². The first-order valence-electron chi connectivity index (χ1n) is 6.51. The zero-order valence-corrected chi connectivity index (χ0v) is 13.6. The molecule has 3 aromatic rings. The molecule has 5 nitrogen and oxygen atoms in total. The maximum Gasteiger partial charge on any atom is 0.313 e. The summed E-state index contributed by atoms with van der Waals surface area (Å²) < 4.78 is 18.8. The first-order valence-corrected chi connectivity index (χ1v) is 8.31. The Hall–Kier alpha value is -2.19. The quantitative estimate of drug-likeness (QED) is 0.559. The minimum absolute atomic E-state index is 0.0749. The van der Waals surface area contributed by atoms with E-state index in [4.69, 9.17) is 9.84 Å². The number of halogens is 1. The average Bonchev–Trinajstić information content (AvgIpc) is 2.97. The van der Waals surface area contributed by atoms with E-state index in [1.807, 2.05) is 6.07 Å². The highest BCUT2D eigenvalue weighted by molar-refractivity contribution is 8.00. The van der Waals surface area contributed by atoms with Gasteiger partial charge in [-0.3, -0.25) is 4.79 Å². The van der Waals surface area contributed by atoms with Crippen molar-refractivity contribution in [1.29, 1.82) is 0 Å². The molecular formula is C15H11FN2O3S2. The maximum atomic E-state index is 13.9. The summed E-state index contributed by atoms with van der Waals surface area (Å²) in [6.07, 6.45) is 1.40. The summed E-state index contributed by atoms with van der Waals surface area (Å²) in [5, 5.41) is 10.2. The average molecular weight is 350 g/mol. The van der Waals surface area contributed by atoms with E-state index in [2.05, 4.69) is 9.97 Å². The Bertz CT molecular complexity index is 882. The van der Waals surface area contributed by atoms with Gasteiger partial charge < -0.3 is 9.84 Å². The summed E-state index contributed by atoms with van der Waals surface area (Å²) in [6, 6.07) is 6.59. The number of rotatable bonds is 5. The molecule has 8 heteroatoms. The molecule has 1 aromatic carbocycles. The number of aromatic nitrogens is 2. The van der Waals surface area contributed by atoms with E-state index in [0.717, 1.165) is 26.9 Å². The molecule has 118 valence electrons. The van der Waals surface area contributed by atoms with Crippen LogP contribution in [0.5, 0.6) is 5.75 Å². The second-order valence-electron chi connectivity index (χ2n) is 4.54. The van der Waals surface area contributed by atoms with Crippen LogP contribution >= 0.6 is 23.1 Å². The number of ether oxygens (including phenoxy) is 1. The summed E-state index contributed by atoms with van der Waals surface area (Å²) in [4.78, 5) is 20.6.